The van der Waals surface area contributed by atoms with E-state index in [0.29, 0.717) is 16.7 Å². The summed E-state index contributed by atoms with van der Waals surface area (Å²) < 4.78 is 28.0. The highest BCUT2D eigenvalue weighted by molar-refractivity contribution is 9.10. The minimum absolute atomic E-state index is 0.264. The van der Waals surface area contributed by atoms with Gasteiger partial charge in [-0.2, -0.15) is 0 Å². The molecule has 0 unspecified atom stereocenters. The van der Waals surface area contributed by atoms with Gasteiger partial charge < -0.3 is 5.73 Å². The van der Waals surface area contributed by atoms with Crippen LogP contribution in [0.15, 0.2) is 39.0 Å². The predicted molar refractivity (Wildman–Crippen MR) is 81.9 cm³/mol. The van der Waals surface area contributed by atoms with Gasteiger partial charge in [0.25, 0.3) is 10.0 Å². The van der Waals surface area contributed by atoms with Crippen molar-refractivity contribution >= 4 is 43.0 Å². The zero-order valence-corrected chi connectivity index (χ0v) is 13.4. The third kappa shape index (κ3) is 3.36. The number of nitrogens with two attached hydrogens (primary N) is 1. The van der Waals surface area contributed by atoms with Crippen LogP contribution in [0.2, 0.25) is 0 Å². The minimum atomic E-state index is -3.55. The smallest absolute Gasteiger partial charge is 0.271 e. The van der Waals surface area contributed by atoms with Crippen LogP contribution < -0.4 is 10.5 Å². The summed E-state index contributed by atoms with van der Waals surface area (Å²) in [6.07, 6.45) is 0. The summed E-state index contributed by atoms with van der Waals surface area (Å²) in [6.45, 7) is 2.28. The summed E-state index contributed by atoms with van der Waals surface area (Å²) in [7, 11) is -3.55. The lowest BCUT2D eigenvalue weighted by Gasteiger charge is -2.08. The molecule has 0 fully saturated rings. The van der Waals surface area contributed by atoms with Crippen molar-refractivity contribution in [3.63, 3.8) is 0 Å². The first-order valence-corrected chi connectivity index (χ1v) is 8.59. The van der Waals surface area contributed by atoms with Crippen molar-refractivity contribution < 1.29 is 8.42 Å². The molecule has 2 aromatic rings. The van der Waals surface area contributed by atoms with Crippen LogP contribution in [-0.4, -0.2) is 8.42 Å². The summed E-state index contributed by atoms with van der Waals surface area (Å²) in [5.74, 6) is 0. The summed E-state index contributed by atoms with van der Waals surface area (Å²) in [4.78, 5) is 0.836. The number of benzene rings is 1. The Hall–Kier alpha value is -0.890. The van der Waals surface area contributed by atoms with Crippen LogP contribution >= 0.6 is 27.3 Å². The number of aryl methyl sites for hydroxylation is 1. The number of halogens is 1. The van der Waals surface area contributed by atoms with Crippen molar-refractivity contribution in [2.45, 2.75) is 17.7 Å². The topological polar surface area (TPSA) is 72.2 Å². The predicted octanol–water partition coefficient (Wildman–Crippen LogP) is 3.08. The van der Waals surface area contributed by atoms with Gasteiger partial charge in [0, 0.05) is 15.9 Å². The lowest BCUT2D eigenvalue weighted by atomic mass is 10.2. The second-order valence-corrected chi connectivity index (χ2v) is 7.95. The number of rotatable bonds is 4. The molecule has 0 aliphatic heterocycles. The summed E-state index contributed by atoms with van der Waals surface area (Å²) in [5.41, 5.74) is 7.06. The van der Waals surface area contributed by atoms with E-state index in [-0.39, 0.29) is 4.21 Å². The third-order valence-electron chi connectivity index (χ3n) is 2.47. The number of hydrogen-bond donors (Lipinski definition) is 2. The van der Waals surface area contributed by atoms with Crippen molar-refractivity contribution in [1.29, 1.82) is 0 Å². The van der Waals surface area contributed by atoms with Gasteiger partial charge in [0.1, 0.15) is 4.21 Å². The molecule has 0 aliphatic carbocycles. The number of thiophene rings is 1. The first-order valence-electron chi connectivity index (χ1n) is 5.50. The quantitative estimate of drug-likeness (QED) is 0.879. The maximum Gasteiger partial charge on any atom is 0.271 e. The molecule has 2 rings (SSSR count). The van der Waals surface area contributed by atoms with Gasteiger partial charge in [-0.05, 0) is 52.7 Å². The maximum atomic E-state index is 12.2. The molecule has 0 saturated heterocycles. The Balaban J connectivity index is 2.30. The van der Waals surface area contributed by atoms with Crippen molar-refractivity contribution in [3.8, 4) is 0 Å². The Labute approximate surface area is 124 Å². The molecule has 0 radical (unpaired) electrons. The molecule has 1 aromatic heterocycles. The van der Waals surface area contributed by atoms with Gasteiger partial charge in [-0.3, -0.25) is 4.72 Å². The molecule has 19 heavy (non-hydrogen) atoms. The van der Waals surface area contributed by atoms with Crippen molar-refractivity contribution in [2.24, 2.45) is 5.73 Å². The maximum absolute atomic E-state index is 12.2. The van der Waals surface area contributed by atoms with Gasteiger partial charge in [0.15, 0.2) is 0 Å². The van der Waals surface area contributed by atoms with Crippen LogP contribution in [0.3, 0.4) is 0 Å². The number of sulfonamides is 1. The second-order valence-electron chi connectivity index (χ2n) is 4.01. The highest BCUT2D eigenvalue weighted by Gasteiger charge is 2.17. The standard InChI is InChI=1S/C12H13BrN2O2S2/c1-8-2-4-11(10(13)6-8)15-19(16,17)12-5-3-9(7-14)18-12/h2-6,15H,7,14H2,1H3. The molecule has 0 spiro atoms. The van der Waals surface area contributed by atoms with Crippen molar-refractivity contribution in [3.05, 3.63) is 45.2 Å². The SMILES string of the molecule is Cc1ccc(NS(=O)(=O)c2ccc(CN)s2)c(Br)c1. The van der Waals surface area contributed by atoms with Crippen molar-refractivity contribution in [1.82, 2.24) is 0 Å². The molecule has 4 nitrogen and oxygen atoms in total. The lowest BCUT2D eigenvalue weighted by Crippen LogP contribution is -2.11. The molecule has 1 heterocycles. The van der Waals surface area contributed by atoms with E-state index in [2.05, 4.69) is 20.7 Å². The van der Waals surface area contributed by atoms with Crippen LogP contribution in [0.4, 0.5) is 5.69 Å². The van der Waals surface area contributed by atoms with Gasteiger partial charge >= 0.3 is 0 Å². The monoisotopic (exact) mass is 360 g/mol. The lowest BCUT2D eigenvalue weighted by molar-refractivity contribution is 0.603. The molecule has 102 valence electrons. The van der Waals surface area contributed by atoms with E-state index < -0.39 is 10.0 Å². The summed E-state index contributed by atoms with van der Waals surface area (Å²) in [5, 5.41) is 0. The largest absolute Gasteiger partial charge is 0.326 e. The molecular formula is C12H13BrN2O2S2. The van der Waals surface area contributed by atoms with E-state index in [0.717, 1.165) is 10.4 Å². The normalized spacial score (nSPS) is 11.5. The molecule has 0 amide bonds. The first-order chi connectivity index (χ1) is 8.92. The van der Waals surface area contributed by atoms with Gasteiger partial charge in [-0.15, -0.1) is 11.3 Å². The minimum Gasteiger partial charge on any atom is -0.326 e. The second kappa shape index (κ2) is 5.62. The fourth-order valence-corrected chi connectivity index (χ4v) is 4.55. The molecule has 7 heteroatoms. The Kier molecular flexibility index (Phi) is 4.29. The van der Waals surface area contributed by atoms with Gasteiger partial charge in [0.05, 0.1) is 5.69 Å². The molecule has 0 bridgehead atoms. The van der Waals surface area contributed by atoms with E-state index in [9.17, 15) is 8.42 Å². The van der Waals surface area contributed by atoms with Crippen LogP contribution in [0.25, 0.3) is 0 Å². The molecule has 0 aliphatic rings. The Bertz CT molecular complexity index is 696. The van der Waals surface area contributed by atoms with Crippen LogP contribution in [0, 0.1) is 6.92 Å². The Morgan fingerprint density at radius 1 is 1.32 bits per heavy atom. The Morgan fingerprint density at radius 2 is 2.05 bits per heavy atom. The number of nitrogens with one attached hydrogen (secondary N) is 1. The third-order valence-corrected chi connectivity index (χ3v) is 6.09. The number of anilines is 1. The zero-order chi connectivity index (χ0) is 14.0. The van der Waals surface area contributed by atoms with Crippen LogP contribution in [0.5, 0.6) is 0 Å². The van der Waals surface area contributed by atoms with E-state index >= 15 is 0 Å². The van der Waals surface area contributed by atoms with E-state index in [1.807, 2.05) is 19.1 Å². The molecular weight excluding hydrogens is 348 g/mol. The zero-order valence-electron chi connectivity index (χ0n) is 10.2. The van der Waals surface area contributed by atoms with Gasteiger partial charge in [0.2, 0.25) is 0 Å². The molecule has 1 aromatic carbocycles. The van der Waals surface area contributed by atoms with E-state index in [1.54, 1.807) is 18.2 Å². The Morgan fingerprint density at radius 3 is 2.63 bits per heavy atom. The molecule has 0 saturated carbocycles. The highest BCUT2D eigenvalue weighted by Crippen LogP contribution is 2.28. The van der Waals surface area contributed by atoms with Gasteiger partial charge in [-0.1, -0.05) is 6.07 Å². The highest BCUT2D eigenvalue weighted by atomic mass is 79.9. The number of hydrogen-bond acceptors (Lipinski definition) is 4. The van der Waals surface area contributed by atoms with E-state index in [1.165, 1.54) is 11.3 Å². The first kappa shape index (κ1) is 14.5. The van der Waals surface area contributed by atoms with Gasteiger partial charge in [-0.25, -0.2) is 8.42 Å². The molecule has 0 atom stereocenters. The average molecular weight is 361 g/mol. The molecule has 3 N–H and O–H groups in total. The fourth-order valence-electron chi connectivity index (χ4n) is 1.51. The average Bonchev–Trinajstić information content (AvgIpc) is 2.82. The van der Waals surface area contributed by atoms with Crippen LogP contribution in [0.1, 0.15) is 10.4 Å². The summed E-state index contributed by atoms with van der Waals surface area (Å²) >= 11 is 4.52. The van der Waals surface area contributed by atoms with Crippen molar-refractivity contribution in [2.75, 3.05) is 4.72 Å². The fraction of sp³-hybridized carbons (Fsp3) is 0.167. The summed E-state index contributed by atoms with van der Waals surface area (Å²) in [6, 6.07) is 8.73. The van der Waals surface area contributed by atoms with Crippen LogP contribution in [-0.2, 0) is 16.6 Å². The van der Waals surface area contributed by atoms with E-state index in [4.69, 9.17) is 5.73 Å².